The van der Waals surface area contributed by atoms with Crippen LogP contribution in [-0.4, -0.2) is 78.0 Å². The second-order valence-electron chi connectivity index (χ2n) is 14.7. The van der Waals surface area contributed by atoms with E-state index in [2.05, 4.69) is 89.7 Å². The smallest absolute Gasteiger partial charge is 0.338 e. The van der Waals surface area contributed by atoms with Gasteiger partial charge in [-0.1, -0.05) is 108 Å². The molecule has 1 aromatic carbocycles. The SMILES string of the molecule is C=C(C)[C@@H](OC(=O)c1ccccc1)[C@@H](O[Si](C(C)C)(C(C)C)C(C)C)[C@H](O[Si](C(C)C)(C(C)C)C(C)C)C(=O)N1CCOCC1. The number of amides is 1. The highest BCUT2D eigenvalue weighted by molar-refractivity contribution is 6.78. The molecule has 1 amide bonds. The molecule has 1 fully saturated rings. The van der Waals surface area contributed by atoms with Crippen LogP contribution < -0.4 is 0 Å². The number of ether oxygens (including phenoxy) is 2. The third kappa shape index (κ3) is 8.77. The van der Waals surface area contributed by atoms with E-state index in [0.29, 0.717) is 37.4 Å². The minimum absolute atomic E-state index is 0.122. The third-order valence-electron chi connectivity index (χ3n) is 9.98. The quantitative estimate of drug-likeness (QED) is 0.100. The van der Waals surface area contributed by atoms with Crippen molar-refractivity contribution in [3.05, 3.63) is 48.0 Å². The van der Waals surface area contributed by atoms with Crippen LogP contribution in [0, 0.1) is 0 Å². The Labute approximate surface area is 276 Å². The molecule has 2 rings (SSSR count). The Kier molecular flexibility index (Phi) is 14.8. The van der Waals surface area contributed by atoms with E-state index >= 15 is 0 Å². The first-order valence-electron chi connectivity index (χ1n) is 17.1. The van der Waals surface area contributed by atoms with E-state index in [1.54, 1.807) is 12.1 Å². The van der Waals surface area contributed by atoms with Gasteiger partial charge in [-0.2, -0.15) is 0 Å². The largest absolute Gasteiger partial charge is 0.451 e. The fourth-order valence-corrected chi connectivity index (χ4v) is 19.0. The molecule has 3 atom stereocenters. The summed E-state index contributed by atoms with van der Waals surface area (Å²) in [4.78, 5) is 30.4. The van der Waals surface area contributed by atoms with Crippen molar-refractivity contribution < 1.29 is 27.9 Å². The van der Waals surface area contributed by atoms with Gasteiger partial charge in [0.1, 0.15) is 6.10 Å². The molecule has 45 heavy (non-hydrogen) atoms. The summed E-state index contributed by atoms with van der Waals surface area (Å²) >= 11 is 0. The number of esters is 1. The Morgan fingerprint density at radius 2 is 1.13 bits per heavy atom. The van der Waals surface area contributed by atoms with Gasteiger partial charge in [-0.05, 0) is 57.9 Å². The van der Waals surface area contributed by atoms with E-state index in [4.69, 9.17) is 18.3 Å². The molecular formula is C36H63NO6Si2. The molecule has 0 radical (unpaired) electrons. The van der Waals surface area contributed by atoms with Crippen molar-refractivity contribution in [2.24, 2.45) is 0 Å². The van der Waals surface area contributed by atoms with Gasteiger partial charge < -0.3 is 23.2 Å². The molecule has 0 aromatic heterocycles. The first-order valence-corrected chi connectivity index (χ1v) is 21.4. The number of nitrogens with zero attached hydrogens (tertiary/aromatic N) is 1. The van der Waals surface area contributed by atoms with Gasteiger partial charge in [-0.3, -0.25) is 4.79 Å². The maximum absolute atomic E-state index is 14.9. The summed E-state index contributed by atoms with van der Waals surface area (Å²) in [5.41, 5.74) is 2.46. The summed E-state index contributed by atoms with van der Waals surface area (Å²) in [5.74, 6) is -0.593. The second kappa shape index (κ2) is 16.9. The van der Waals surface area contributed by atoms with E-state index in [9.17, 15) is 9.59 Å². The van der Waals surface area contributed by atoms with Gasteiger partial charge in [-0.25, -0.2) is 4.79 Å². The topological polar surface area (TPSA) is 74.3 Å². The van der Waals surface area contributed by atoms with Gasteiger partial charge in [-0.15, -0.1) is 0 Å². The first kappa shape index (κ1) is 39.4. The second-order valence-corrected chi connectivity index (χ2v) is 25.5. The minimum atomic E-state index is -2.64. The lowest BCUT2D eigenvalue weighted by Crippen LogP contribution is -2.63. The number of hydrogen-bond donors (Lipinski definition) is 0. The summed E-state index contributed by atoms with van der Waals surface area (Å²) < 4.78 is 27.0. The maximum atomic E-state index is 14.9. The van der Waals surface area contributed by atoms with Gasteiger partial charge in [0, 0.05) is 13.1 Å². The first-order chi connectivity index (χ1) is 20.9. The van der Waals surface area contributed by atoms with E-state index in [1.807, 2.05) is 30.0 Å². The molecule has 0 unspecified atom stereocenters. The molecule has 0 saturated carbocycles. The van der Waals surface area contributed by atoms with Crippen molar-refractivity contribution in [3.8, 4) is 0 Å². The molecule has 0 bridgehead atoms. The van der Waals surface area contributed by atoms with E-state index in [1.165, 1.54) is 0 Å². The molecule has 1 aromatic rings. The lowest BCUT2D eigenvalue weighted by molar-refractivity contribution is -0.152. The third-order valence-corrected chi connectivity index (χ3v) is 22.1. The van der Waals surface area contributed by atoms with Crippen LogP contribution in [0.5, 0.6) is 0 Å². The fourth-order valence-electron chi connectivity index (χ4n) is 7.98. The van der Waals surface area contributed by atoms with Crippen LogP contribution in [-0.2, 0) is 23.1 Å². The van der Waals surface area contributed by atoms with Crippen LogP contribution in [0.1, 0.15) is 100 Å². The lowest BCUT2D eigenvalue weighted by atomic mass is 10.0. The van der Waals surface area contributed by atoms with Crippen LogP contribution in [0.2, 0.25) is 33.2 Å². The van der Waals surface area contributed by atoms with Gasteiger partial charge in [0.15, 0.2) is 12.2 Å². The minimum Gasteiger partial charge on any atom is -0.451 e. The maximum Gasteiger partial charge on any atom is 0.338 e. The molecular weight excluding hydrogens is 599 g/mol. The van der Waals surface area contributed by atoms with E-state index in [-0.39, 0.29) is 39.2 Å². The van der Waals surface area contributed by atoms with E-state index in [0.717, 1.165) is 0 Å². The van der Waals surface area contributed by atoms with E-state index < -0.39 is 40.9 Å². The average Bonchev–Trinajstić information content (AvgIpc) is 2.97. The van der Waals surface area contributed by atoms with Crippen LogP contribution in [0.4, 0.5) is 0 Å². The molecule has 256 valence electrons. The monoisotopic (exact) mass is 661 g/mol. The molecule has 1 aliphatic heterocycles. The van der Waals surface area contributed by atoms with Crippen molar-refractivity contribution in [1.29, 1.82) is 0 Å². The predicted octanol–water partition coefficient (Wildman–Crippen LogP) is 8.77. The fraction of sp³-hybridized carbons (Fsp3) is 0.722. The highest BCUT2D eigenvalue weighted by Gasteiger charge is 2.55. The van der Waals surface area contributed by atoms with Crippen molar-refractivity contribution in [3.63, 3.8) is 0 Å². The number of carbonyl (C=O) groups is 2. The molecule has 0 spiro atoms. The summed E-state index contributed by atoms with van der Waals surface area (Å²) in [7, 11) is -5.27. The molecule has 1 saturated heterocycles. The van der Waals surface area contributed by atoms with Crippen LogP contribution >= 0.6 is 0 Å². The summed E-state index contributed by atoms with van der Waals surface area (Å²) in [6.45, 7) is 34.8. The highest BCUT2D eigenvalue weighted by atomic mass is 28.4. The molecule has 9 heteroatoms. The summed E-state index contributed by atoms with van der Waals surface area (Å²) in [6, 6.07) is 8.98. The normalized spacial score (nSPS) is 17.0. The van der Waals surface area contributed by atoms with Gasteiger partial charge >= 0.3 is 5.97 Å². The lowest BCUT2D eigenvalue weighted by Gasteiger charge is -2.51. The number of benzene rings is 1. The van der Waals surface area contributed by atoms with Gasteiger partial charge in [0.05, 0.1) is 18.8 Å². The zero-order valence-corrected chi connectivity index (χ0v) is 32.5. The Morgan fingerprint density at radius 3 is 1.53 bits per heavy atom. The zero-order valence-electron chi connectivity index (χ0n) is 30.5. The van der Waals surface area contributed by atoms with Crippen LogP contribution in [0.25, 0.3) is 0 Å². The number of carbonyl (C=O) groups excluding carboxylic acids is 2. The van der Waals surface area contributed by atoms with Gasteiger partial charge in [0.25, 0.3) is 5.91 Å². The number of hydrogen-bond acceptors (Lipinski definition) is 6. The summed E-state index contributed by atoms with van der Waals surface area (Å²) in [5, 5.41) is 0. The standard InChI is InChI=1S/C36H63NO6Si2/c1-24(2)32(41-36(39)31-18-16-15-17-19-31)33(42-44(25(3)4,26(5)6)27(7)8)34(35(38)37-20-22-40-23-21-37)43-45(28(9)10,29(11)12)30(13)14/h15-19,25-30,32-34H,1,20-23H2,2-14H3/t32-,33-,34+/m1/s1. The molecule has 7 nitrogen and oxygen atoms in total. The van der Waals surface area contributed by atoms with Crippen molar-refractivity contribution in [1.82, 2.24) is 4.90 Å². The molecule has 1 heterocycles. The molecule has 1 aliphatic rings. The Balaban J connectivity index is 2.91. The predicted molar refractivity (Wildman–Crippen MR) is 190 cm³/mol. The Hall–Kier alpha value is -1.79. The molecule has 0 aliphatic carbocycles. The van der Waals surface area contributed by atoms with Crippen molar-refractivity contribution >= 4 is 28.5 Å². The highest BCUT2D eigenvalue weighted by Crippen LogP contribution is 2.47. The average molecular weight is 662 g/mol. The summed E-state index contributed by atoms with van der Waals surface area (Å²) in [6.07, 6.45) is -2.74. The number of morpholine rings is 1. The van der Waals surface area contributed by atoms with Crippen LogP contribution in [0.3, 0.4) is 0 Å². The van der Waals surface area contributed by atoms with Crippen LogP contribution in [0.15, 0.2) is 42.5 Å². The number of rotatable bonds is 16. The zero-order chi connectivity index (χ0) is 34.3. The van der Waals surface area contributed by atoms with Gasteiger partial charge in [0.2, 0.25) is 16.6 Å². The molecule has 0 N–H and O–H groups in total. The van der Waals surface area contributed by atoms with Crippen molar-refractivity contribution in [2.75, 3.05) is 26.3 Å². The Morgan fingerprint density at radius 1 is 0.711 bits per heavy atom. The Bertz CT molecular complexity index is 1050. The van der Waals surface area contributed by atoms with Crippen molar-refractivity contribution in [2.45, 2.75) is 142 Å².